The fourth-order valence-corrected chi connectivity index (χ4v) is 6.32. The van der Waals surface area contributed by atoms with Gasteiger partial charge in [-0.05, 0) is 71.8 Å². The van der Waals surface area contributed by atoms with Gasteiger partial charge in [-0.3, -0.25) is 0 Å². The lowest BCUT2D eigenvalue weighted by molar-refractivity contribution is 0.178. The highest BCUT2D eigenvalue weighted by Gasteiger charge is 2.18. The van der Waals surface area contributed by atoms with Crippen LogP contribution in [0, 0.1) is 17.8 Å². The third-order valence-electron chi connectivity index (χ3n) is 6.29. The molecule has 0 aromatic heterocycles. The van der Waals surface area contributed by atoms with Gasteiger partial charge in [-0.15, -0.1) is 0 Å². The Hall–Kier alpha value is -0.740. The van der Waals surface area contributed by atoms with Crippen molar-refractivity contribution in [1.29, 1.82) is 0 Å². The van der Waals surface area contributed by atoms with Crippen molar-refractivity contribution in [2.45, 2.75) is 136 Å². The summed E-state index contributed by atoms with van der Waals surface area (Å²) >= 11 is 0. The molecule has 0 radical (unpaired) electrons. The van der Waals surface area contributed by atoms with Crippen LogP contribution in [0.2, 0.25) is 0 Å². The average Bonchev–Trinajstić information content (AvgIpc) is 2.86. The molecule has 4 nitrogen and oxygen atoms in total. The van der Waals surface area contributed by atoms with E-state index in [1.807, 2.05) is 21.6 Å². The summed E-state index contributed by atoms with van der Waals surface area (Å²) in [5.41, 5.74) is 2.29. The summed E-state index contributed by atoms with van der Waals surface area (Å²) in [6, 6.07) is 0.610. The summed E-state index contributed by atoms with van der Waals surface area (Å²) in [5.74, 6) is 7.49. The number of allylic oxidation sites excluding steroid dienone is 2. The molecule has 0 aromatic rings. The van der Waals surface area contributed by atoms with E-state index in [1.54, 1.807) is 0 Å². The van der Waals surface area contributed by atoms with Crippen LogP contribution in [-0.4, -0.2) is 43.0 Å². The topological polar surface area (TPSA) is 45.3 Å². The Labute approximate surface area is 251 Å². The molecule has 0 fully saturated rings. The smallest absolute Gasteiger partial charge is 0.102 e. The molecule has 0 bridgehead atoms. The van der Waals surface area contributed by atoms with Crippen LogP contribution >= 0.6 is 21.6 Å². The van der Waals surface area contributed by atoms with Gasteiger partial charge in [0.1, 0.15) is 5.94 Å². The van der Waals surface area contributed by atoms with E-state index in [9.17, 15) is 0 Å². The van der Waals surface area contributed by atoms with E-state index in [-0.39, 0.29) is 4.75 Å². The van der Waals surface area contributed by atoms with Crippen molar-refractivity contribution in [2.75, 3.05) is 32.2 Å². The summed E-state index contributed by atoms with van der Waals surface area (Å²) in [4.78, 5) is 0. The van der Waals surface area contributed by atoms with Crippen molar-refractivity contribution >= 4 is 21.6 Å². The zero-order valence-electron chi connectivity index (χ0n) is 26.5. The molecule has 228 valence electrons. The summed E-state index contributed by atoms with van der Waals surface area (Å²) < 4.78 is 6.10. The molecule has 0 aliphatic carbocycles. The first-order valence-electron chi connectivity index (χ1n) is 15.6. The maximum absolute atomic E-state index is 5.84. The third-order valence-corrected chi connectivity index (χ3v) is 9.32. The van der Waals surface area contributed by atoms with Crippen molar-refractivity contribution in [3.63, 3.8) is 0 Å². The number of unbranched alkanes of at least 4 members (excludes halogenated alkanes) is 7. The molecule has 0 amide bonds. The largest absolute Gasteiger partial charge is 0.389 e. The second-order valence-corrected chi connectivity index (χ2v) is 14.8. The Morgan fingerprint density at radius 3 is 2.10 bits per heavy atom. The van der Waals surface area contributed by atoms with Crippen LogP contribution in [0.3, 0.4) is 0 Å². The monoisotopic (exact) mass is 581 g/mol. The zero-order chi connectivity index (χ0) is 29.2. The minimum Gasteiger partial charge on any atom is -0.389 e. The van der Waals surface area contributed by atoms with Gasteiger partial charge in [-0.1, -0.05) is 106 Å². The molecule has 0 heterocycles. The van der Waals surface area contributed by atoms with Gasteiger partial charge in [-0.2, -0.15) is 0 Å². The highest BCUT2D eigenvalue weighted by atomic mass is 33.1. The van der Waals surface area contributed by atoms with Crippen LogP contribution in [0.25, 0.3) is 0 Å². The molecule has 0 spiro atoms. The number of rotatable bonds is 27. The Bertz CT molecular complexity index is 668. The van der Waals surface area contributed by atoms with Gasteiger partial charge in [0.05, 0.1) is 6.54 Å². The van der Waals surface area contributed by atoms with Crippen LogP contribution in [0.4, 0.5) is 0 Å². The van der Waals surface area contributed by atoms with E-state index >= 15 is 0 Å². The molecule has 0 saturated heterocycles. The Morgan fingerprint density at radius 1 is 0.795 bits per heavy atom. The Kier molecular flexibility index (Phi) is 25.7. The van der Waals surface area contributed by atoms with Gasteiger partial charge in [0.2, 0.25) is 0 Å². The van der Waals surface area contributed by atoms with Gasteiger partial charge in [0.15, 0.2) is 0 Å². The Balaban J connectivity index is 3.54. The Morgan fingerprint density at radius 2 is 1.41 bits per heavy atom. The van der Waals surface area contributed by atoms with Crippen molar-refractivity contribution < 1.29 is 4.74 Å². The molecule has 0 aliphatic heterocycles. The van der Waals surface area contributed by atoms with Gasteiger partial charge >= 0.3 is 0 Å². The van der Waals surface area contributed by atoms with Crippen molar-refractivity contribution in [2.24, 2.45) is 5.92 Å². The van der Waals surface area contributed by atoms with Gasteiger partial charge in [-0.25, -0.2) is 0 Å². The standard InChI is InChI=1S/C33H63N3OS2/c1-29(2)20-19-26-36-31(5)21-14-13-17-27-37-28-38-39-33(7,8)23-18-22-32(6)35-25-16-12-10-9-11-15-24-34-30(3)4/h29-30,34-36H,5-6,9-18,21-28H2,1-4,7-8H3. The molecule has 0 atom stereocenters. The highest BCUT2D eigenvalue weighted by Crippen LogP contribution is 2.39. The number of nitrogens with one attached hydrogen (secondary N) is 3. The van der Waals surface area contributed by atoms with Crippen LogP contribution in [0.1, 0.15) is 125 Å². The fraction of sp³-hybridized carbons (Fsp3) is 0.818. The predicted molar refractivity (Wildman–Crippen MR) is 180 cm³/mol. The predicted octanol–water partition coefficient (Wildman–Crippen LogP) is 9.06. The summed E-state index contributed by atoms with van der Waals surface area (Å²) in [6.07, 6.45) is 15.8. The molecule has 3 N–H and O–H groups in total. The average molecular weight is 582 g/mol. The van der Waals surface area contributed by atoms with E-state index in [0.717, 1.165) is 57.0 Å². The lowest BCUT2D eigenvalue weighted by Gasteiger charge is -2.23. The van der Waals surface area contributed by atoms with E-state index in [4.69, 9.17) is 4.74 Å². The van der Waals surface area contributed by atoms with Crippen molar-refractivity contribution in [3.05, 3.63) is 24.6 Å². The molecule has 0 aliphatic rings. The summed E-state index contributed by atoms with van der Waals surface area (Å²) in [6.45, 7) is 25.4. The van der Waals surface area contributed by atoms with E-state index in [1.165, 1.54) is 63.5 Å². The van der Waals surface area contributed by atoms with Gasteiger partial charge in [0.25, 0.3) is 0 Å². The second-order valence-electron chi connectivity index (χ2n) is 11.8. The van der Waals surface area contributed by atoms with Crippen LogP contribution < -0.4 is 16.0 Å². The highest BCUT2D eigenvalue weighted by molar-refractivity contribution is 8.77. The number of hydrogen-bond acceptors (Lipinski definition) is 6. The first-order valence-corrected chi connectivity index (χ1v) is 17.9. The van der Waals surface area contributed by atoms with E-state index < -0.39 is 0 Å². The van der Waals surface area contributed by atoms with Crippen molar-refractivity contribution in [3.8, 4) is 11.8 Å². The fourth-order valence-electron chi connectivity index (χ4n) is 3.98. The first-order chi connectivity index (χ1) is 18.6. The molecule has 0 saturated carbocycles. The molecular formula is C33H63N3OS2. The molecule has 39 heavy (non-hydrogen) atoms. The zero-order valence-corrected chi connectivity index (χ0v) is 28.2. The number of ether oxygens (including phenoxy) is 1. The van der Waals surface area contributed by atoms with Crippen molar-refractivity contribution in [1.82, 2.24) is 16.0 Å². The van der Waals surface area contributed by atoms with Gasteiger partial charge < -0.3 is 20.7 Å². The van der Waals surface area contributed by atoms with Crippen LogP contribution in [0.15, 0.2) is 24.6 Å². The molecule has 6 heteroatoms. The SMILES string of the molecule is C=C(CCCCCOCSSC(C)(C)CCCC(=C)NCCCCCCCCNC(C)C)NCC#CC(C)C. The van der Waals surface area contributed by atoms with E-state index in [2.05, 4.69) is 82.5 Å². The van der Waals surface area contributed by atoms with Gasteiger partial charge in [0, 0.05) is 41.3 Å². The van der Waals surface area contributed by atoms with E-state index in [0.29, 0.717) is 18.5 Å². The normalized spacial score (nSPS) is 11.5. The summed E-state index contributed by atoms with van der Waals surface area (Å²) in [5, 5.41) is 10.3. The minimum absolute atomic E-state index is 0.256. The molecular weight excluding hydrogens is 519 g/mol. The molecule has 0 aromatic carbocycles. The lowest BCUT2D eigenvalue weighted by atomic mass is 10.0. The number of hydrogen-bond donors (Lipinski definition) is 3. The maximum atomic E-state index is 5.84. The van der Waals surface area contributed by atoms with Crippen LogP contribution in [-0.2, 0) is 4.74 Å². The maximum Gasteiger partial charge on any atom is 0.102 e. The molecule has 0 unspecified atom stereocenters. The quantitative estimate of drug-likeness (QED) is 0.0389. The summed E-state index contributed by atoms with van der Waals surface area (Å²) in [7, 11) is 3.80. The molecule has 0 rings (SSSR count). The minimum atomic E-state index is 0.256. The first kappa shape index (κ1) is 38.3. The van der Waals surface area contributed by atoms with Crippen LogP contribution in [0.5, 0.6) is 0 Å². The third kappa shape index (κ3) is 30.1. The lowest BCUT2D eigenvalue weighted by Crippen LogP contribution is -2.23. The second kappa shape index (κ2) is 26.2.